The van der Waals surface area contributed by atoms with Crippen LogP contribution in [0.4, 0.5) is 5.88 Å². The Morgan fingerprint density at radius 3 is 2.75 bits per heavy atom. The van der Waals surface area contributed by atoms with Crippen LogP contribution in [0.1, 0.15) is 10.4 Å². The van der Waals surface area contributed by atoms with Gasteiger partial charge in [-0.15, -0.1) is 0 Å². The number of primary amides is 1. The quantitative estimate of drug-likeness (QED) is 0.773. The predicted octanol–water partition coefficient (Wildman–Crippen LogP) is 2.75. The van der Waals surface area contributed by atoms with Crippen LogP contribution in [0.2, 0.25) is 0 Å². The summed E-state index contributed by atoms with van der Waals surface area (Å²) in [5.74, 6) is -0.350. The Morgan fingerprint density at radius 2 is 2.05 bits per heavy atom. The van der Waals surface area contributed by atoms with Gasteiger partial charge in [0.15, 0.2) is 0 Å². The van der Waals surface area contributed by atoms with Gasteiger partial charge in [0.2, 0.25) is 11.8 Å². The Labute approximate surface area is 118 Å². The van der Waals surface area contributed by atoms with Gasteiger partial charge in [-0.2, -0.15) is 11.3 Å². The van der Waals surface area contributed by atoms with E-state index in [-0.39, 0.29) is 5.88 Å². The first-order valence-corrected chi connectivity index (χ1v) is 6.79. The minimum Gasteiger partial charge on any atom is -0.367 e. The highest BCUT2D eigenvalue weighted by Gasteiger charge is 2.21. The number of anilines is 1. The van der Waals surface area contributed by atoms with E-state index in [4.69, 9.17) is 16.0 Å². The van der Waals surface area contributed by atoms with Crippen LogP contribution >= 0.6 is 11.3 Å². The molecule has 0 saturated carbocycles. The van der Waals surface area contributed by atoms with Crippen LogP contribution < -0.4 is 11.5 Å². The number of carbonyl (C=O) groups excluding carboxylic acids is 1. The SMILES string of the molecule is NC(=O)c1ccccc1-c1c(-c2ccsc2)noc1N. The maximum atomic E-state index is 11.6. The molecule has 5 nitrogen and oxygen atoms in total. The Morgan fingerprint density at radius 1 is 1.25 bits per heavy atom. The first-order chi connectivity index (χ1) is 9.68. The first-order valence-electron chi connectivity index (χ1n) is 5.85. The van der Waals surface area contributed by atoms with Gasteiger partial charge < -0.3 is 16.0 Å². The molecule has 0 spiro atoms. The van der Waals surface area contributed by atoms with Crippen LogP contribution in [-0.4, -0.2) is 11.1 Å². The van der Waals surface area contributed by atoms with E-state index in [0.29, 0.717) is 22.4 Å². The molecular formula is C14H11N3O2S. The third-order valence-corrected chi connectivity index (χ3v) is 3.66. The Bertz CT molecular complexity index is 763. The molecule has 1 aromatic carbocycles. The molecule has 100 valence electrons. The summed E-state index contributed by atoms with van der Waals surface area (Å²) in [6.45, 7) is 0. The Hall–Kier alpha value is -2.60. The molecule has 0 fully saturated rings. The zero-order valence-electron chi connectivity index (χ0n) is 10.4. The maximum Gasteiger partial charge on any atom is 0.249 e. The zero-order chi connectivity index (χ0) is 14.1. The molecule has 3 aromatic rings. The van der Waals surface area contributed by atoms with E-state index in [9.17, 15) is 4.79 Å². The number of nitrogen functional groups attached to an aromatic ring is 1. The molecule has 0 radical (unpaired) electrons. The molecule has 0 atom stereocenters. The summed E-state index contributed by atoms with van der Waals surface area (Å²) in [7, 11) is 0. The molecule has 2 aromatic heterocycles. The summed E-state index contributed by atoms with van der Waals surface area (Å²) >= 11 is 1.54. The molecule has 0 aliphatic rings. The lowest BCUT2D eigenvalue weighted by Gasteiger charge is -2.06. The topological polar surface area (TPSA) is 95.1 Å². The van der Waals surface area contributed by atoms with Gasteiger partial charge >= 0.3 is 0 Å². The van der Waals surface area contributed by atoms with Gasteiger partial charge in [-0.1, -0.05) is 23.4 Å². The number of nitrogens with two attached hydrogens (primary N) is 2. The standard InChI is InChI=1S/C14H11N3O2S/c15-13(18)10-4-2-1-3-9(10)11-12(17-19-14(11)16)8-5-6-20-7-8/h1-7H,16H2,(H2,15,18). The van der Waals surface area contributed by atoms with Crippen molar-refractivity contribution in [1.29, 1.82) is 0 Å². The fraction of sp³-hybridized carbons (Fsp3) is 0. The van der Waals surface area contributed by atoms with Gasteiger partial charge in [0.25, 0.3) is 0 Å². The second-order valence-corrected chi connectivity index (χ2v) is 4.97. The number of benzene rings is 1. The van der Waals surface area contributed by atoms with Crippen molar-refractivity contribution in [2.24, 2.45) is 5.73 Å². The van der Waals surface area contributed by atoms with Crippen LogP contribution in [0.3, 0.4) is 0 Å². The fourth-order valence-corrected chi connectivity index (χ4v) is 2.72. The third-order valence-electron chi connectivity index (χ3n) is 2.97. The van der Waals surface area contributed by atoms with Crippen LogP contribution in [0.15, 0.2) is 45.6 Å². The monoisotopic (exact) mass is 285 g/mol. The molecular weight excluding hydrogens is 274 g/mol. The van der Waals surface area contributed by atoms with Gasteiger partial charge in [-0.25, -0.2) is 0 Å². The summed E-state index contributed by atoms with van der Waals surface area (Å²) in [6.07, 6.45) is 0. The molecule has 0 aliphatic carbocycles. The maximum absolute atomic E-state index is 11.6. The Balaban J connectivity index is 2.26. The smallest absolute Gasteiger partial charge is 0.249 e. The third kappa shape index (κ3) is 1.96. The number of thiophene rings is 1. The van der Waals surface area contributed by atoms with Crippen LogP contribution in [0.25, 0.3) is 22.4 Å². The lowest BCUT2D eigenvalue weighted by Crippen LogP contribution is -2.12. The summed E-state index contributed by atoms with van der Waals surface area (Å²) in [4.78, 5) is 11.6. The van der Waals surface area contributed by atoms with Crippen molar-refractivity contribution < 1.29 is 9.32 Å². The predicted molar refractivity (Wildman–Crippen MR) is 78.2 cm³/mol. The number of aromatic nitrogens is 1. The number of nitrogens with zero attached hydrogens (tertiary/aromatic N) is 1. The molecule has 0 unspecified atom stereocenters. The minimum absolute atomic E-state index is 0.167. The van der Waals surface area contributed by atoms with E-state index < -0.39 is 5.91 Å². The van der Waals surface area contributed by atoms with E-state index in [0.717, 1.165) is 5.56 Å². The highest BCUT2D eigenvalue weighted by molar-refractivity contribution is 7.08. The highest BCUT2D eigenvalue weighted by atomic mass is 32.1. The zero-order valence-corrected chi connectivity index (χ0v) is 11.2. The molecule has 4 N–H and O–H groups in total. The molecule has 1 amide bonds. The summed E-state index contributed by atoms with van der Waals surface area (Å²) in [5.41, 5.74) is 14.4. The number of hydrogen-bond acceptors (Lipinski definition) is 5. The number of rotatable bonds is 3. The van der Waals surface area contributed by atoms with Crippen molar-refractivity contribution >= 4 is 23.1 Å². The van der Waals surface area contributed by atoms with Gasteiger partial charge in [-0.3, -0.25) is 4.79 Å². The minimum atomic E-state index is -0.516. The summed E-state index contributed by atoms with van der Waals surface area (Å²) in [5, 5.41) is 7.86. The average Bonchev–Trinajstić information content (AvgIpc) is 3.07. The van der Waals surface area contributed by atoms with Crippen LogP contribution in [0.5, 0.6) is 0 Å². The van der Waals surface area contributed by atoms with E-state index >= 15 is 0 Å². The van der Waals surface area contributed by atoms with Crippen molar-refractivity contribution in [1.82, 2.24) is 5.16 Å². The van der Waals surface area contributed by atoms with Crippen LogP contribution in [-0.2, 0) is 0 Å². The van der Waals surface area contributed by atoms with Crippen LogP contribution in [0, 0.1) is 0 Å². The van der Waals surface area contributed by atoms with Crippen molar-refractivity contribution in [2.45, 2.75) is 0 Å². The van der Waals surface area contributed by atoms with Gasteiger partial charge in [0.05, 0.1) is 5.56 Å². The molecule has 2 heterocycles. The van der Waals surface area contributed by atoms with E-state index in [2.05, 4.69) is 5.16 Å². The van der Waals surface area contributed by atoms with Gasteiger partial charge in [-0.05, 0) is 17.5 Å². The van der Waals surface area contributed by atoms with E-state index in [1.807, 2.05) is 22.9 Å². The van der Waals surface area contributed by atoms with Crippen molar-refractivity contribution in [3.05, 3.63) is 46.7 Å². The van der Waals surface area contributed by atoms with E-state index in [1.165, 1.54) is 0 Å². The molecule has 0 saturated heterocycles. The summed E-state index contributed by atoms with van der Waals surface area (Å²) in [6, 6.07) is 8.90. The average molecular weight is 285 g/mol. The second-order valence-electron chi connectivity index (χ2n) is 4.19. The number of hydrogen-bond donors (Lipinski definition) is 2. The van der Waals surface area contributed by atoms with Crippen molar-refractivity contribution in [2.75, 3.05) is 5.73 Å². The summed E-state index contributed by atoms with van der Waals surface area (Å²) < 4.78 is 5.09. The van der Waals surface area contributed by atoms with Crippen molar-refractivity contribution in [3.8, 4) is 22.4 Å². The van der Waals surface area contributed by atoms with Crippen molar-refractivity contribution in [3.63, 3.8) is 0 Å². The second kappa shape index (κ2) is 4.82. The molecule has 0 aliphatic heterocycles. The Kier molecular flexibility index (Phi) is 3.00. The number of amides is 1. The van der Waals surface area contributed by atoms with Gasteiger partial charge in [0.1, 0.15) is 5.69 Å². The lowest BCUT2D eigenvalue weighted by molar-refractivity contribution is 0.100. The highest BCUT2D eigenvalue weighted by Crippen LogP contribution is 2.38. The first kappa shape index (κ1) is 12.4. The lowest BCUT2D eigenvalue weighted by atomic mass is 9.97. The molecule has 0 bridgehead atoms. The normalized spacial score (nSPS) is 10.6. The number of carbonyl (C=O) groups is 1. The fourth-order valence-electron chi connectivity index (χ4n) is 2.08. The molecule has 6 heteroatoms. The molecule has 3 rings (SSSR count). The van der Waals surface area contributed by atoms with E-state index in [1.54, 1.807) is 29.5 Å². The largest absolute Gasteiger partial charge is 0.367 e. The molecule has 20 heavy (non-hydrogen) atoms. The van der Waals surface area contributed by atoms with Gasteiger partial charge in [0, 0.05) is 22.1 Å².